The van der Waals surface area contributed by atoms with E-state index in [0.717, 1.165) is 44.6 Å². The molecule has 1 aliphatic carbocycles. The molecule has 19 heavy (non-hydrogen) atoms. The van der Waals surface area contributed by atoms with E-state index < -0.39 is 0 Å². The highest BCUT2D eigenvalue weighted by atomic mass is 16.2. The van der Waals surface area contributed by atoms with E-state index in [9.17, 15) is 4.79 Å². The lowest BCUT2D eigenvalue weighted by atomic mass is 10.0. The van der Waals surface area contributed by atoms with Crippen LogP contribution in [-0.4, -0.2) is 64.1 Å². The first-order valence-corrected chi connectivity index (χ1v) is 7.03. The van der Waals surface area contributed by atoms with Crippen LogP contribution in [0.5, 0.6) is 0 Å². The van der Waals surface area contributed by atoms with E-state index in [2.05, 4.69) is 27.1 Å². The molecule has 104 valence electrons. The number of aromatic amines is 1. The number of H-pyrrole nitrogens is 1. The fourth-order valence-corrected chi connectivity index (χ4v) is 2.62. The van der Waals surface area contributed by atoms with Gasteiger partial charge < -0.3 is 9.80 Å². The highest BCUT2D eigenvalue weighted by molar-refractivity contribution is 5.90. The smallest absolute Gasteiger partial charge is 0.293 e. The predicted molar refractivity (Wildman–Crippen MR) is 71.0 cm³/mol. The average molecular weight is 263 g/mol. The third-order valence-corrected chi connectivity index (χ3v) is 4.21. The van der Waals surface area contributed by atoms with Gasteiger partial charge in [0.2, 0.25) is 5.82 Å². The van der Waals surface area contributed by atoms with E-state index in [1.54, 1.807) is 0 Å². The van der Waals surface area contributed by atoms with Gasteiger partial charge in [-0.25, -0.2) is 4.98 Å². The normalized spacial score (nSPS) is 21.6. The Morgan fingerprint density at radius 1 is 1.32 bits per heavy atom. The van der Waals surface area contributed by atoms with E-state index >= 15 is 0 Å². The number of rotatable bonds is 3. The second-order valence-corrected chi connectivity index (χ2v) is 5.77. The Bertz CT molecular complexity index is 459. The number of aromatic nitrogens is 3. The second kappa shape index (κ2) is 4.92. The zero-order valence-electron chi connectivity index (χ0n) is 11.6. The molecule has 1 saturated heterocycles. The van der Waals surface area contributed by atoms with Gasteiger partial charge in [-0.15, -0.1) is 5.10 Å². The van der Waals surface area contributed by atoms with Gasteiger partial charge in [0.25, 0.3) is 5.91 Å². The zero-order chi connectivity index (χ0) is 13.4. The molecule has 0 bridgehead atoms. The van der Waals surface area contributed by atoms with Crippen molar-refractivity contribution in [3.63, 3.8) is 0 Å². The molecule has 0 unspecified atom stereocenters. The van der Waals surface area contributed by atoms with Crippen molar-refractivity contribution in [3.8, 4) is 0 Å². The average Bonchev–Trinajstić information content (AvgIpc) is 3.16. The Balaban J connectivity index is 1.64. The first kappa shape index (κ1) is 12.6. The molecule has 3 rings (SSSR count). The standard InChI is InChI=1S/C13H21N5O/c1-17-7-5-10(6-8-17)18(2)13(19)12-14-11(15-16-12)9-3-4-9/h9-10H,3-8H2,1-2H3,(H,14,15,16). The zero-order valence-corrected chi connectivity index (χ0v) is 11.6. The van der Waals surface area contributed by atoms with E-state index in [1.807, 2.05) is 11.9 Å². The van der Waals surface area contributed by atoms with Crippen molar-refractivity contribution in [1.29, 1.82) is 0 Å². The van der Waals surface area contributed by atoms with Crippen molar-refractivity contribution < 1.29 is 4.79 Å². The summed E-state index contributed by atoms with van der Waals surface area (Å²) >= 11 is 0. The number of nitrogens with zero attached hydrogens (tertiary/aromatic N) is 4. The Kier molecular flexibility index (Phi) is 3.26. The van der Waals surface area contributed by atoms with Gasteiger partial charge in [-0.05, 0) is 45.8 Å². The Morgan fingerprint density at radius 2 is 2.00 bits per heavy atom. The molecule has 2 heterocycles. The van der Waals surface area contributed by atoms with Crippen LogP contribution in [0, 0.1) is 0 Å². The maximum absolute atomic E-state index is 12.3. The highest BCUT2D eigenvalue weighted by Crippen LogP contribution is 2.37. The summed E-state index contributed by atoms with van der Waals surface area (Å²) in [7, 11) is 3.99. The SMILES string of the molecule is CN1CCC(N(C)C(=O)c2n[nH]c(C3CC3)n2)CC1. The molecule has 0 atom stereocenters. The van der Waals surface area contributed by atoms with Crippen LogP contribution in [0.4, 0.5) is 0 Å². The van der Waals surface area contributed by atoms with E-state index in [4.69, 9.17) is 0 Å². The van der Waals surface area contributed by atoms with Crippen LogP contribution >= 0.6 is 0 Å². The molecule has 2 aliphatic rings. The van der Waals surface area contributed by atoms with Gasteiger partial charge in [-0.1, -0.05) is 0 Å². The Labute approximate surface area is 113 Å². The van der Waals surface area contributed by atoms with Crippen LogP contribution in [0.2, 0.25) is 0 Å². The van der Waals surface area contributed by atoms with Crippen molar-refractivity contribution in [2.24, 2.45) is 0 Å². The molecule has 1 aliphatic heterocycles. The lowest BCUT2D eigenvalue weighted by Gasteiger charge is -2.34. The summed E-state index contributed by atoms with van der Waals surface area (Å²) in [5, 5.41) is 6.97. The number of carbonyl (C=O) groups is 1. The topological polar surface area (TPSA) is 65.1 Å². The van der Waals surface area contributed by atoms with Gasteiger partial charge in [0, 0.05) is 19.0 Å². The lowest BCUT2D eigenvalue weighted by Crippen LogP contribution is -2.44. The number of nitrogens with one attached hydrogen (secondary N) is 1. The van der Waals surface area contributed by atoms with Crippen molar-refractivity contribution in [2.45, 2.75) is 37.6 Å². The number of carbonyl (C=O) groups excluding carboxylic acids is 1. The van der Waals surface area contributed by atoms with Crippen LogP contribution in [0.15, 0.2) is 0 Å². The lowest BCUT2D eigenvalue weighted by molar-refractivity contribution is 0.0648. The fourth-order valence-electron chi connectivity index (χ4n) is 2.62. The molecule has 1 aromatic heterocycles. The minimum absolute atomic E-state index is 0.0577. The summed E-state index contributed by atoms with van der Waals surface area (Å²) in [5.74, 6) is 1.64. The molecule has 0 aromatic carbocycles. The maximum Gasteiger partial charge on any atom is 0.293 e. The molecular weight excluding hydrogens is 242 g/mol. The molecule has 1 amide bonds. The molecule has 6 nitrogen and oxygen atoms in total. The largest absolute Gasteiger partial charge is 0.336 e. The summed E-state index contributed by atoms with van der Waals surface area (Å²) < 4.78 is 0. The molecule has 2 fully saturated rings. The number of hydrogen-bond acceptors (Lipinski definition) is 4. The second-order valence-electron chi connectivity index (χ2n) is 5.77. The third kappa shape index (κ3) is 2.63. The number of piperidine rings is 1. The van der Waals surface area contributed by atoms with E-state index in [-0.39, 0.29) is 5.91 Å². The summed E-state index contributed by atoms with van der Waals surface area (Å²) in [6.45, 7) is 2.09. The van der Waals surface area contributed by atoms with Gasteiger partial charge in [-0.2, -0.15) is 0 Å². The maximum atomic E-state index is 12.3. The number of amides is 1. The van der Waals surface area contributed by atoms with Crippen LogP contribution in [-0.2, 0) is 0 Å². The van der Waals surface area contributed by atoms with Gasteiger partial charge in [0.1, 0.15) is 5.82 Å². The predicted octanol–water partition coefficient (Wildman–Crippen LogP) is 0.848. The summed E-state index contributed by atoms with van der Waals surface area (Å²) in [4.78, 5) is 20.8. The highest BCUT2D eigenvalue weighted by Gasteiger charge is 2.30. The van der Waals surface area contributed by atoms with Crippen molar-refractivity contribution in [1.82, 2.24) is 25.0 Å². The quantitative estimate of drug-likeness (QED) is 0.878. The van der Waals surface area contributed by atoms with Crippen LogP contribution in [0.25, 0.3) is 0 Å². The third-order valence-electron chi connectivity index (χ3n) is 4.21. The van der Waals surface area contributed by atoms with Crippen LogP contribution in [0.1, 0.15) is 48.0 Å². The van der Waals surface area contributed by atoms with E-state index in [0.29, 0.717) is 17.8 Å². The molecule has 0 spiro atoms. The van der Waals surface area contributed by atoms with Gasteiger partial charge >= 0.3 is 0 Å². The van der Waals surface area contributed by atoms with Crippen molar-refractivity contribution in [3.05, 3.63) is 11.6 Å². The minimum atomic E-state index is -0.0577. The molecule has 1 aromatic rings. The summed E-state index contributed by atoms with van der Waals surface area (Å²) in [6, 6.07) is 0.312. The molecule has 0 radical (unpaired) electrons. The van der Waals surface area contributed by atoms with Gasteiger partial charge in [0.15, 0.2) is 0 Å². The Morgan fingerprint density at radius 3 is 2.63 bits per heavy atom. The minimum Gasteiger partial charge on any atom is -0.336 e. The number of hydrogen-bond donors (Lipinski definition) is 1. The Hall–Kier alpha value is -1.43. The van der Waals surface area contributed by atoms with Gasteiger partial charge in [-0.3, -0.25) is 9.89 Å². The first-order chi connectivity index (χ1) is 9.15. The molecule has 1 saturated carbocycles. The van der Waals surface area contributed by atoms with Crippen molar-refractivity contribution >= 4 is 5.91 Å². The monoisotopic (exact) mass is 263 g/mol. The van der Waals surface area contributed by atoms with E-state index in [1.165, 1.54) is 0 Å². The molecule has 6 heteroatoms. The fraction of sp³-hybridized carbons (Fsp3) is 0.769. The molecule has 1 N–H and O–H groups in total. The summed E-state index contributed by atoms with van der Waals surface area (Å²) in [6.07, 6.45) is 4.37. The first-order valence-electron chi connectivity index (χ1n) is 7.03. The van der Waals surface area contributed by atoms with Crippen molar-refractivity contribution in [2.75, 3.05) is 27.2 Å². The molecular formula is C13H21N5O. The number of likely N-dealkylation sites (tertiary alicyclic amines) is 1. The summed E-state index contributed by atoms with van der Waals surface area (Å²) in [5.41, 5.74) is 0. The van der Waals surface area contributed by atoms with Gasteiger partial charge in [0.05, 0.1) is 0 Å². The van der Waals surface area contributed by atoms with Crippen LogP contribution < -0.4 is 0 Å². The van der Waals surface area contributed by atoms with Crippen LogP contribution in [0.3, 0.4) is 0 Å².